The van der Waals surface area contributed by atoms with Crippen LogP contribution in [0.3, 0.4) is 0 Å². The molecule has 0 aromatic carbocycles. The maximum Gasteiger partial charge on any atom is 0.110 e. The molecule has 2 rings (SSSR count). The van der Waals surface area contributed by atoms with Crippen LogP contribution in [-0.4, -0.2) is 75.4 Å². The van der Waals surface area contributed by atoms with Crippen LogP contribution in [0.4, 0.5) is 0 Å². The number of rotatable bonds is 30. The first-order chi connectivity index (χ1) is 27.4. The number of allylic oxidation sites excluding steroid dienone is 9. The fourth-order valence-corrected chi connectivity index (χ4v) is 8.71. The van der Waals surface area contributed by atoms with Crippen LogP contribution in [0.15, 0.2) is 72.4 Å². The molecule has 2 heterocycles. The molecule has 0 amide bonds. The van der Waals surface area contributed by atoms with Crippen molar-refractivity contribution in [2.45, 2.75) is 224 Å². The minimum Gasteiger partial charge on any atom is -0.393 e. The van der Waals surface area contributed by atoms with E-state index in [2.05, 4.69) is 95.9 Å². The van der Waals surface area contributed by atoms with Crippen molar-refractivity contribution in [1.82, 2.24) is 0 Å². The third-order valence-electron chi connectivity index (χ3n) is 11.8. The first-order valence-corrected chi connectivity index (χ1v) is 23.6. The van der Waals surface area contributed by atoms with Gasteiger partial charge in [-0.2, -0.15) is 0 Å². The molecule has 10 unspecified atom stereocenters. The molecule has 8 heteroatoms. The minimum absolute atomic E-state index is 0.242. The van der Waals surface area contributed by atoms with Gasteiger partial charge in [-0.1, -0.05) is 107 Å². The molecular weight excluding hydrogens is 827 g/mol. The number of aliphatic hydroxyl groups excluding tert-OH is 4. The number of hydrogen-bond donors (Lipinski definition) is 4. The van der Waals surface area contributed by atoms with Gasteiger partial charge in [0.1, 0.15) is 23.0 Å². The lowest BCUT2D eigenvalue weighted by Gasteiger charge is -2.35. The van der Waals surface area contributed by atoms with Crippen LogP contribution in [0, 0.1) is 11.8 Å². The fourth-order valence-electron chi connectivity index (χ4n) is 7.87. The molecule has 328 valence electrons. The smallest absolute Gasteiger partial charge is 0.110 e. The molecule has 2 saturated heterocycles. The predicted octanol–water partition coefficient (Wildman–Crippen LogP) is 11.9. The van der Waals surface area contributed by atoms with E-state index in [1.54, 1.807) is 0 Å². The normalized spacial score (nSPS) is 24.5. The summed E-state index contributed by atoms with van der Waals surface area (Å²) in [7, 11) is 0. The van der Waals surface area contributed by atoms with Gasteiger partial charge in [0, 0.05) is 6.42 Å². The Morgan fingerprint density at radius 1 is 0.772 bits per heavy atom. The van der Waals surface area contributed by atoms with Crippen molar-refractivity contribution in [1.29, 1.82) is 0 Å². The molecule has 4 N–H and O–H groups in total. The summed E-state index contributed by atoms with van der Waals surface area (Å²) in [6.45, 7) is 15.1. The Kier molecular flexibility index (Phi) is 29.0. The molecule has 0 aromatic rings. The Hall–Kier alpha value is -1.11. The largest absolute Gasteiger partial charge is 0.393 e. The summed E-state index contributed by atoms with van der Waals surface area (Å²) in [6.07, 6.45) is 35.6. The lowest BCUT2D eigenvalue weighted by Crippen LogP contribution is -2.41. The summed E-state index contributed by atoms with van der Waals surface area (Å²) in [5.41, 5.74) is 2.33. The van der Waals surface area contributed by atoms with Crippen molar-refractivity contribution in [3.05, 3.63) is 72.4 Å². The lowest BCUT2D eigenvalue weighted by atomic mass is 9.92. The molecule has 0 aliphatic carbocycles. The van der Waals surface area contributed by atoms with Crippen molar-refractivity contribution in [2.75, 3.05) is 0 Å². The van der Waals surface area contributed by atoms with E-state index in [-0.39, 0.29) is 36.4 Å². The molecular formula is C49H83IO7. The van der Waals surface area contributed by atoms with Crippen molar-refractivity contribution < 1.29 is 33.0 Å². The highest BCUT2D eigenvalue weighted by Crippen LogP contribution is 2.30. The second-order valence-electron chi connectivity index (χ2n) is 17.5. The zero-order valence-electron chi connectivity index (χ0n) is 36.5. The molecule has 57 heavy (non-hydrogen) atoms. The quantitative estimate of drug-likeness (QED) is 0.0246. The molecule has 0 saturated carbocycles. The lowest BCUT2D eigenvalue weighted by molar-refractivity contribution is -0.140. The minimum atomic E-state index is -0.662. The van der Waals surface area contributed by atoms with Crippen LogP contribution < -0.4 is 0 Å². The summed E-state index contributed by atoms with van der Waals surface area (Å²) in [6, 6.07) is 0. The van der Waals surface area contributed by atoms with E-state index in [9.17, 15) is 20.4 Å². The van der Waals surface area contributed by atoms with Crippen molar-refractivity contribution in [2.24, 2.45) is 11.8 Å². The molecule has 0 spiro atoms. The Morgan fingerprint density at radius 2 is 1.42 bits per heavy atom. The molecule has 0 bridgehead atoms. The van der Waals surface area contributed by atoms with E-state index < -0.39 is 24.4 Å². The van der Waals surface area contributed by atoms with Crippen molar-refractivity contribution in [3.63, 3.8) is 0 Å². The average Bonchev–Trinajstić information content (AvgIpc) is 3.19. The molecule has 0 radical (unpaired) electrons. The Morgan fingerprint density at radius 3 is 2.11 bits per heavy atom. The first kappa shape index (κ1) is 52.0. The number of halogens is 1. The second-order valence-corrected chi connectivity index (χ2v) is 18.0. The van der Waals surface area contributed by atoms with Gasteiger partial charge in [-0.05, 0) is 141 Å². The van der Waals surface area contributed by atoms with Crippen LogP contribution in [0.25, 0.3) is 0 Å². The van der Waals surface area contributed by atoms with E-state index in [1.165, 1.54) is 18.4 Å². The number of unbranched alkanes of at least 4 members (excludes halogenated alkanes) is 1. The van der Waals surface area contributed by atoms with Crippen LogP contribution in [0.2, 0.25) is 0 Å². The van der Waals surface area contributed by atoms with Crippen LogP contribution in [0.1, 0.15) is 169 Å². The van der Waals surface area contributed by atoms with Gasteiger partial charge in [0.25, 0.3) is 0 Å². The number of hydrogen-bond acceptors (Lipinski definition) is 7. The van der Waals surface area contributed by atoms with E-state index in [1.807, 2.05) is 23.0 Å². The van der Waals surface area contributed by atoms with E-state index in [4.69, 9.17) is 12.5 Å². The van der Waals surface area contributed by atoms with Crippen molar-refractivity contribution in [3.8, 4) is 0 Å². The summed E-state index contributed by atoms with van der Waals surface area (Å²) >= 11 is 1.86. The highest BCUT2D eigenvalue weighted by Gasteiger charge is 2.32. The Labute approximate surface area is 362 Å². The number of ether oxygens (including phenoxy) is 2. The van der Waals surface area contributed by atoms with Gasteiger partial charge >= 0.3 is 0 Å². The van der Waals surface area contributed by atoms with E-state index >= 15 is 0 Å². The van der Waals surface area contributed by atoms with Crippen LogP contribution in [-0.2, 0) is 12.5 Å². The molecule has 0 aromatic heterocycles. The molecule has 2 fully saturated rings. The van der Waals surface area contributed by atoms with Gasteiger partial charge in [0.05, 0.1) is 54.9 Å². The molecule has 10 atom stereocenters. The maximum atomic E-state index is 11.1. The molecule has 7 nitrogen and oxygen atoms in total. The van der Waals surface area contributed by atoms with E-state index in [0.717, 1.165) is 108 Å². The van der Waals surface area contributed by atoms with Gasteiger partial charge in [-0.3, -0.25) is 0 Å². The van der Waals surface area contributed by atoms with Crippen LogP contribution in [0.5, 0.6) is 0 Å². The number of aliphatic hydroxyl groups is 4. The predicted molar refractivity (Wildman–Crippen MR) is 246 cm³/mol. The highest BCUT2D eigenvalue weighted by atomic mass is 127. The van der Waals surface area contributed by atoms with Crippen LogP contribution >= 0.6 is 23.0 Å². The SMILES string of the molecule is C=C(CCCC1CCCC(CC/C=C(\C)CCC(O)CC(O)C(OI)C(C)CC)O1)CC(O)C1CCCC(C(O)C/C=C/CC/C=C/C=C/C=C/CCC(C)C)O1. The first-order valence-electron chi connectivity index (χ1n) is 22.7. The third kappa shape index (κ3) is 24.1. The topological polar surface area (TPSA) is 109 Å². The zero-order valence-corrected chi connectivity index (χ0v) is 38.7. The van der Waals surface area contributed by atoms with Gasteiger partial charge < -0.3 is 33.0 Å². The van der Waals surface area contributed by atoms with Gasteiger partial charge in [0.2, 0.25) is 0 Å². The fraction of sp³-hybridized carbons (Fsp3) is 0.755. The highest BCUT2D eigenvalue weighted by molar-refractivity contribution is 14.1. The van der Waals surface area contributed by atoms with Gasteiger partial charge in [-0.25, -0.2) is 0 Å². The van der Waals surface area contributed by atoms with Gasteiger partial charge in [-0.15, -0.1) is 0 Å². The zero-order chi connectivity index (χ0) is 41.8. The molecule has 2 aliphatic heterocycles. The summed E-state index contributed by atoms with van der Waals surface area (Å²) in [5.74, 6) is 0.989. The molecule has 2 aliphatic rings. The standard InChI is InChI=1S/C49H83IO7/c1-7-40(6)49(57-50)46(54)36-41(51)34-33-38(4)24-19-26-42-28-21-29-43(55-42)27-20-25-39(5)35-45(53)48-32-22-31-47(56-48)44(52)30-18-16-14-12-10-8-9-11-13-15-17-23-37(2)3/h8-11,13,15-16,18,24,37,40-49,51-54H,5,7,12,14,17,19-23,25-36H2,1-4,6H3/b10-8+,11-9+,15-13+,18-16+,38-24+. The average molecular weight is 911 g/mol. The second kappa shape index (κ2) is 31.7. The monoisotopic (exact) mass is 911 g/mol. The van der Waals surface area contributed by atoms with E-state index in [0.29, 0.717) is 25.7 Å². The van der Waals surface area contributed by atoms with Crippen molar-refractivity contribution >= 4 is 23.0 Å². The maximum absolute atomic E-state index is 11.1. The summed E-state index contributed by atoms with van der Waals surface area (Å²) in [5, 5.41) is 43.0. The Bertz CT molecular complexity index is 1190. The van der Waals surface area contributed by atoms with Gasteiger partial charge in [0.15, 0.2) is 0 Å². The summed E-state index contributed by atoms with van der Waals surface area (Å²) in [4.78, 5) is 0. The summed E-state index contributed by atoms with van der Waals surface area (Å²) < 4.78 is 18.2. The Balaban J connectivity index is 1.60. The third-order valence-corrected chi connectivity index (χ3v) is 12.4.